The number of nitrogens with zero attached hydrogens (tertiary/aromatic N) is 2. The van der Waals surface area contributed by atoms with Crippen LogP contribution < -0.4 is 16.0 Å². The molecule has 1 aromatic carbocycles. The Labute approximate surface area is 253 Å². The summed E-state index contributed by atoms with van der Waals surface area (Å²) in [6, 6.07) is 5.72. The van der Waals surface area contributed by atoms with E-state index >= 15 is 0 Å². The first-order valence-corrected chi connectivity index (χ1v) is 15.5. The smallest absolute Gasteiger partial charge is 0.246 e. The zero-order valence-corrected chi connectivity index (χ0v) is 26.2. The minimum Gasteiger partial charge on any atom is -0.356 e. The zero-order chi connectivity index (χ0) is 30.6. The van der Waals surface area contributed by atoms with E-state index in [1.54, 1.807) is 18.2 Å². The summed E-state index contributed by atoms with van der Waals surface area (Å²) in [6.45, 7) is 11.2. The van der Waals surface area contributed by atoms with Gasteiger partial charge in [0.25, 0.3) is 0 Å². The molecule has 5 rings (SSSR count). The maximum Gasteiger partial charge on any atom is 0.246 e. The fraction of sp³-hybridized carbons (Fsp3) is 0.656. The van der Waals surface area contributed by atoms with E-state index in [2.05, 4.69) is 34.8 Å². The molecule has 8 atom stereocenters. The number of carbonyl (C=O) groups is 4. The van der Waals surface area contributed by atoms with Gasteiger partial charge in [0.15, 0.2) is 0 Å². The van der Waals surface area contributed by atoms with Gasteiger partial charge >= 0.3 is 0 Å². The normalized spacial score (nSPS) is 30.8. The van der Waals surface area contributed by atoms with Crippen LogP contribution in [0, 0.1) is 34.5 Å². The van der Waals surface area contributed by atoms with Crippen molar-refractivity contribution < 1.29 is 19.2 Å². The molecule has 0 spiro atoms. The summed E-state index contributed by atoms with van der Waals surface area (Å²) < 4.78 is 0. The highest BCUT2D eigenvalue weighted by Gasteiger charge is 2.70. The largest absolute Gasteiger partial charge is 0.356 e. The average Bonchev–Trinajstić information content (AvgIpc) is 3.66. The molecule has 2 aliphatic carbocycles. The Morgan fingerprint density at radius 2 is 1.86 bits per heavy atom. The summed E-state index contributed by atoms with van der Waals surface area (Å²) in [7, 11) is 1.65. The number of benzene rings is 1. The number of nitrogens with one attached hydrogen (secondary N) is 3. The molecule has 9 nitrogen and oxygen atoms in total. The second-order valence-electron chi connectivity index (χ2n) is 14.2. The molecular weight excluding hydrogens is 554 g/mol. The molecule has 42 heavy (non-hydrogen) atoms. The Kier molecular flexibility index (Phi) is 8.20. The Morgan fingerprint density at radius 3 is 2.45 bits per heavy atom. The van der Waals surface area contributed by atoms with Crippen molar-refractivity contribution in [1.29, 1.82) is 0 Å². The Bertz CT molecular complexity index is 1270. The molecule has 2 saturated heterocycles. The standard InChI is InChI=1S/C32H44ClN5O4/c1-31(2,3)26(37-28(40)22-14-21(22)17-7-9-19(33)10-8-17)30(42)38-16-23-24(32(23,4)5)25(38)29(41)36-20(15-34-6)13-18-11-12-35-27(18)39/h7-10,15,18,20-26H,11-14,16H2,1-6H3,(H,35,39)(H,36,41)(H,37,40)/t18-,20-,21-,22+,23-,24-,25-,26+/m0/s1. The van der Waals surface area contributed by atoms with Crippen molar-refractivity contribution in [2.75, 3.05) is 20.1 Å². The van der Waals surface area contributed by atoms with Gasteiger partial charge in [0.05, 0.1) is 6.04 Å². The SMILES string of the molecule is CN=C[C@H](C[C@@H]1CCNC1=O)NC(=O)[C@@H]1[C@@H]2[C@H](CN1C(=O)[C@@H](NC(=O)[C@@H]1C[C@H]1c1ccc(Cl)cc1)C(C)(C)C)C2(C)C. The highest BCUT2D eigenvalue weighted by molar-refractivity contribution is 6.30. The first kappa shape index (κ1) is 30.5. The maximum absolute atomic E-state index is 14.2. The number of carbonyl (C=O) groups excluding carboxylic acids is 4. The topological polar surface area (TPSA) is 120 Å². The number of hydrogen-bond donors (Lipinski definition) is 3. The molecule has 3 N–H and O–H groups in total. The molecule has 0 unspecified atom stereocenters. The van der Waals surface area contributed by atoms with E-state index in [1.807, 2.05) is 45.0 Å². The molecule has 0 bridgehead atoms. The van der Waals surface area contributed by atoms with Crippen LogP contribution in [0.25, 0.3) is 0 Å². The van der Waals surface area contributed by atoms with Crippen molar-refractivity contribution >= 4 is 41.4 Å². The van der Waals surface area contributed by atoms with Crippen molar-refractivity contribution in [3.05, 3.63) is 34.9 Å². The summed E-state index contributed by atoms with van der Waals surface area (Å²) in [5.74, 6) is -0.617. The minimum absolute atomic E-state index is 0.00228. The molecule has 2 saturated carbocycles. The number of amides is 4. The van der Waals surface area contributed by atoms with Crippen LogP contribution in [0.1, 0.15) is 65.4 Å². The van der Waals surface area contributed by atoms with Gasteiger partial charge in [-0.3, -0.25) is 24.2 Å². The molecule has 2 aliphatic heterocycles. The molecule has 0 radical (unpaired) electrons. The molecule has 4 amide bonds. The lowest BCUT2D eigenvalue weighted by atomic mass is 9.85. The molecule has 0 aromatic heterocycles. The number of fused-ring (bicyclic) bond motifs is 1. The lowest BCUT2D eigenvalue weighted by molar-refractivity contribution is -0.145. The maximum atomic E-state index is 14.2. The predicted molar refractivity (Wildman–Crippen MR) is 162 cm³/mol. The monoisotopic (exact) mass is 597 g/mol. The lowest BCUT2D eigenvalue weighted by Gasteiger charge is -2.38. The van der Waals surface area contributed by atoms with E-state index in [4.69, 9.17) is 11.6 Å². The second-order valence-corrected chi connectivity index (χ2v) is 14.7. The van der Waals surface area contributed by atoms with Gasteiger partial charge in [-0.25, -0.2) is 0 Å². The van der Waals surface area contributed by atoms with E-state index in [1.165, 1.54) is 0 Å². The third-order valence-corrected chi connectivity index (χ3v) is 10.2. The van der Waals surface area contributed by atoms with Crippen molar-refractivity contribution in [2.45, 2.75) is 77.9 Å². The molecule has 4 fully saturated rings. The van der Waals surface area contributed by atoms with E-state index in [0.29, 0.717) is 24.5 Å². The molecule has 4 aliphatic rings. The van der Waals surface area contributed by atoms with Crippen LogP contribution >= 0.6 is 11.6 Å². The molecule has 10 heteroatoms. The van der Waals surface area contributed by atoms with E-state index in [0.717, 1.165) is 18.4 Å². The van der Waals surface area contributed by atoms with Gasteiger partial charge in [0.1, 0.15) is 12.1 Å². The highest BCUT2D eigenvalue weighted by atomic mass is 35.5. The second kappa shape index (κ2) is 11.3. The van der Waals surface area contributed by atoms with Crippen LogP contribution in [0.4, 0.5) is 0 Å². The molecular formula is C32H44ClN5O4. The van der Waals surface area contributed by atoms with Gasteiger partial charge in [-0.2, -0.15) is 0 Å². The van der Waals surface area contributed by atoms with E-state index in [9.17, 15) is 19.2 Å². The summed E-state index contributed by atoms with van der Waals surface area (Å²) >= 11 is 6.03. The Morgan fingerprint density at radius 1 is 1.17 bits per heavy atom. The van der Waals surface area contributed by atoms with Gasteiger partial charge < -0.3 is 20.9 Å². The molecule has 1 aromatic rings. The van der Waals surface area contributed by atoms with Gasteiger partial charge in [-0.15, -0.1) is 0 Å². The van der Waals surface area contributed by atoms with Crippen LogP contribution in [0.3, 0.4) is 0 Å². The molecule has 228 valence electrons. The fourth-order valence-electron chi connectivity index (χ4n) is 7.22. The van der Waals surface area contributed by atoms with Gasteiger partial charge in [0, 0.05) is 43.2 Å². The van der Waals surface area contributed by atoms with Crippen LogP contribution in [0.5, 0.6) is 0 Å². The van der Waals surface area contributed by atoms with E-state index in [-0.39, 0.29) is 58.6 Å². The number of aliphatic imine (C=N–C) groups is 1. The Hall–Kier alpha value is -2.94. The Balaban J connectivity index is 1.30. The number of rotatable bonds is 9. The quantitative estimate of drug-likeness (QED) is 0.379. The third kappa shape index (κ3) is 5.94. The summed E-state index contributed by atoms with van der Waals surface area (Å²) in [5.41, 5.74) is 0.448. The summed E-state index contributed by atoms with van der Waals surface area (Å²) in [4.78, 5) is 59.6. The lowest BCUT2D eigenvalue weighted by Crippen LogP contribution is -2.60. The summed E-state index contributed by atoms with van der Waals surface area (Å²) in [5, 5.41) is 9.69. The van der Waals surface area contributed by atoms with Crippen LogP contribution in [-0.2, 0) is 19.2 Å². The van der Waals surface area contributed by atoms with Gasteiger partial charge in [0.2, 0.25) is 23.6 Å². The van der Waals surface area contributed by atoms with Crippen LogP contribution in [-0.4, -0.2) is 73.0 Å². The molecule has 2 heterocycles. The average molecular weight is 598 g/mol. The summed E-state index contributed by atoms with van der Waals surface area (Å²) in [6.07, 6.45) is 3.58. The number of likely N-dealkylation sites (tertiary alicyclic amines) is 1. The van der Waals surface area contributed by atoms with Crippen molar-refractivity contribution in [1.82, 2.24) is 20.9 Å². The van der Waals surface area contributed by atoms with Crippen LogP contribution in [0.15, 0.2) is 29.3 Å². The number of piperidine rings is 1. The van der Waals surface area contributed by atoms with Crippen molar-refractivity contribution in [3.63, 3.8) is 0 Å². The van der Waals surface area contributed by atoms with Crippen molar-refractivity contribution in [3.8, 4) is 0 Å². The predicted octanol–water partition coefficient (Wildman–Crippen LogP) is 3.17. The zero-order valence-electron chi connectivity index (χ0n) is 25.4. The van der Waals surface area contributed by atoms with Gasteiger partial charge in [-0.05, 0) is 65.5 Å². The van der Waals surface area contributed by atoms with Crippen LogP contribution in [0.2, 0.25) is 5.02 Å². The highest BCUT2D eigenvalue weighted by Crippen LogP contribution is 2.65. The number of hydrogen-bond acceptors (Lipinski definition) is 5. The third-order valence-electron chi connectivity index (χ3n) is 9.94. The number of halogens is 1. The van der Waals surface area contributed by atoms with Crippen molar-refractivity contribution in [2.24, 2.45) is 39.5 Å². The first-order chi connectivity index (χ1) is 19.7. The van der Waals surface area contributed by atoms with Gasteiger partial charge in [-0.1, -0.05) is 58.4 Å². The minimum atomic E-state index is -0.775. The van der Waals surface area contributed by atoms with E-state index < -0.39 is 23.5 Å². The fourth-order valence-corrected chi connectivity index (χ4v) is 7.35. The first-order valence-electron chi connectivity index (χ1n) is 15.1.